The molecule has 0 bridgehead atoms. The number of nitrogens with two attached hydrogens (primary N) is 1. The number of carboxylic acids is 6. The van der Waals surface area contributed by atoms with Crippen LogP contribution in [0.3, 0.4) is 0 Å². The minimum atomic E-state index is -1.48. The third-order valence-electron chi connectivity index (χ3n) is 16.6. The second-order valence-electron chi connectivity index (χ2n) is 23.7. The summed E-state index contributed by atoms with van der Waals surface area (Å²) in [6.07, 6.45) is 10.9. The van der Waals surface area contributed by atoms with Crippen LogP contribution in [0.25, 0.3) is 0 Å². The molecule has 0 radical (unpaired) electrons. The molecule has 1 unspecified atom stereocenters. The van der Waals surface area contributed by atoms with Crippen LogP contribution in [-0.4, -0.2) is 292 Å². The van der Waals surface area contributed by atoms with Crippen LogP contribution in [0.15, 0.2) is 24.3 Å². The highest BCUT2D eigenvalue weighted by Crippen LogP contribution is 2.22. The van der Waals surface area contributed by atoms with Crippen molar-refractivity contribution in [3.05, 3.63) is 41.2 Å². The van der Waals surface area contributed by atoms with Crippen molar-refractivity contribution < 1.29 is 69.0 Å². The van der Waals surface area contributed by atoms with E-state index in [4.69, 9.17) is 25.8 Å². The van der Waals surface area contributed by atoms with E-state index >= 15 is 0 Å². The minimum absolute atomic E-state index is 0.0570. The number of anilines is 2. The number of unbranched alkanes of at least 4 members (excludes halogenated alkanes) is 8. The number of likely N-dealkylation sites (N-methyl/N-ethyl adjacent to an activating group) is 1. The van der Waals surface area contributed by atoms with Crippen molar-refractivity contribution in [2.75, 3.05) is 161 Å². The van der Waals surface area contributed by atoms with Crippen molar-refractivity contribution in [1.82, 2.24) is 60.3 Å². The van der Waals surface area contributed by atoms with Gasteiger partial charge in [-0.2, -0.15) is 15.0 Å². The predicted octanol–water partition coefficient (Wildman–Crippen LogP) is 0.939. The van der Waals surface area contributed by atoms with E-state index in [1.807, 2.05) is 16.8 Å². The molecule has 5 rings (SSSR count). The van der Waals surface area contributed by atoms with Gasteiger partial charge >= 0.3 is 41.8 Å². The highest BCUT2D eigenvalue weighted by Gasteiger charge is 2.29. The zero-order valence-corrected chi connectivity index (χ0v) is 52.1. The van der Waals surface area contributed by atoms with Gasteiger partial charge in [0.25, 0.3) is 0 Å². The topological polar surface area (TPSA) is 385 Å². The Hall–Kier alpha value is -6.89. The summed E-state index contributed by atoms with van der Waals surface area (Å²) in [4.78, 5) is 127. The molecule has 3 fully saturated rings. The van der Waals surface area contributed by atoms with Crippen LogP contribution in [0.5, 0.6) is 0 Å². The first-order chi connectivity index (χ1) is 42.7. The Bertz CT molecular complexity index is 2520. The van der Waals surface area contributed by atoms with Crippen molar-refractivity contribution in [3.63, 3.8) is 0 Å². The predicted molar refractivity (Wildman–Crippen MR) is 332 cm³/mol. The highest BCUT2D eigenvalue weighted by atomic mass is 16.4. The number of nitrogens with zero attached hydrogens (tertiary/aromatic N) is 11. The number of hydrogen-bond donors (Lipinski definition) is 10. The van der Waals surface area contributed by atoms with Gasteiger partial charge in [0, 0.05) is 130 Å². The normalized spacial score (nSPS) is 18.1. The molecule has 0 saturated carbocycles. The molecule has 2 aromatic rings. The fourth-order valence-electron chi connectivity index (χ4n) is 11.4. The lowest BCUT2D eigenvalue weighted by Gasteiger charge is -2.37. The summed E-state index contributed by atoms with van der Waals surface area (Å²) >= 11 is 0. The van der Waals surface area contributed by atoms with E-state index in [1.54, 1.807) is 4.90 Å². The molecule has 11 N–H and O–H groups in total. The average molecular weight is 1250 g/mol. The third kappa shape index (κ3) is 29.1. The molecule has 3 saturated heterocycles. The minimum Gasteiger partial charge on any atom is -0.481 e. The van der Waals surface area contributed by atoms with Gasteiger partial charge in [0.2, 0.25) is 17.8 Å². The molecule has 1 aromatic heterocycles. The monoisotopic (exact) mass is 1250 g/mol. The number of nitrogens with one attached hydrogen (secondary N) is 3. The first kappa shape index (κ1) is 72.9. The van der Waals surface area contributed by atoms with Gasteiger partial charge in [0.05, 0.1) is 19.6 Å². The number of carboxylic acid groups (broad SMARTS) is 6. The number of rotatable bonds is 38. The Kier molecular flexibility index (Phi) is 32.7. The van der Waals surface area contributed by atoms with Crippen molar-refractivity contribution in [3.8, 4) is 0 Å². The number of urea groups is 1. The Labute approximate surface area is 522 Å². The number of aliphatic carboxylic acids is 6. The van der Waals surface area contributed by atoms with Gasteiger partial charge in [-0.05, 0) is 89.2 Å². The largest absolute Gasteiger partial charge is 0.481 e. The second kappa shape index (κ2) is 40.0. The van der Waals surface area contributed by atoms with Crippen LogP contribution in [0, 0.1) is 0 Å². The molecule has 3 atom stereocenters. The summed E-state index contributed by atoms with van der Waals surface area (Å²) in [5, 5.41) is 64.1. The molecule has 29 heteroatoms. The fraction of sp³-hybridized carbons (Fsp3) is 0.717. The number of aromatic nitrogens is 3. The van der Waals surface area contributed by atoms with Crippen LogP contribution in [-0.2, 0) is 46.4 Å². The molecule has 1 aromatic carbocycles. The van der Waals surface area contributed by atoms with Crippen LogP contribution in [0.1, 0.15) is 113 Å². The standard InChI is InChI=1S/C60H99N15O14/c1-68-25-26-71(42-53(79)80)27-28-72(43-54(81)82)33-38-75(44-55(83)84)47(41-68)39-45-15-17-46(18-16-45)40-50-65-58(67-59(66-50)74-36-31-70(32-37-74)24-12-21-61)73-34-29-69(30-35-73)23-11-7-5-3-2-4-6-8-14-51(76)62-22-10-9-13-48(56(85)86)63-60(89)64-49(57(87)88)19-20-52(77)78/h15-18,47-49H,2-14,19-44,61H2,1H3,(H,62,76)(H,77,78)(H,79,80)(H,81,82)(H,83,84)(H,85,86)(H,87,88)(H2,63,64,89)/t47?,48-,49-/m0/s1. The molecule has 3 aliphatic rings. The fourth-order valence-corrected chi connectivity index (χ4v) is 11.4. The maximum atomic E-state index is 12.4. The van der Waals surface area contributed by atoms with Crippen LogP contribution >= 0.6 is 0 Å². The van der Waals surface area contributed by atoms with Gasteiger partial charge in [-0.1, -0.05) is 62.8 Å². The van der Waals surface area contributed by atoms with Crippen LogP contribution in [0.4, 0.5) is 16.7 Å². The number of piperazine rings is 2. The number of carbonyl (C=O) groups excluding carboxylic acids is 2. The maximum absolute atomic E-state index is 12.4. The molecule has 89 heavy (non-hydrogen) atoms. The van der Waals surface area contributed by atoms with E-state index in [1.165, 1.54) is 0 Å². The van der Waals surface area contributed by atoms with Gasteiger partial charge in [-0.25, -0.2) is 14.4 Å². The van der Waals surface area contributed by atoms with Crippen molar-refractivity contribution in [2.24, 2.45) is 5.73 Å². The SMILES string of the molecule is CN1CCN(CC(=O)O)CCN(CC(=O)O)CCN(CC(=O)O)C(Cc2ccc(Cc3nc(N4CCN(CCCN)CC4)nc(N4CCN(CCCCCCCCCCC(=O)NCCCC[C@H](NC(=O)N[C@@H](CCC(=O)O)C(=O)O)C(=O)O)CC4)n3)cc2)C1. The Morgan fingerprint density at radius 2 is 1.00 bits per heavy atom. The second-order valence-corrected chi connectivity index (χ2v) is 23.7. The smallest absolute Gasteiger partial charge is 0.326 e. The van der Waals surface area contributed by atoms with E-state index in [2.05, 4.69) is 64.7 Å². The van der Waals surface area contributed by atoms with Crippen molar-refractivity contribution in [2.45, 2.75) is 127 Å². The summed E-state index contributed by atoms with van der Waals surface area (Å²) in [6, 6.07) is 4.26. The Morgan fingerprint density at radius 3 is 1.53 bits per heavy atom. The van der Waals surface area contributed by atoms with E-state index < -0.39 is 60.4 Å². The molecule has 0 spiro atoms. The number of benzene rings is 1. The lowest BCUT2D eigenvalue weighted by atomic mass is 10.0. The molecule has 4 heterocycles. The molecule has 498 valence electrons. The first-order valence-electron chi connectivity index (χ1n) is 31.7. The maximum Gasteiger partial charge on any atom is 0.326 e. The molecular weight excluding hydrogens is 1150 g/mol. The lowest BCUT2D eigenvalue weighted by molar-refractivity contribution is -0.141. The van der Waals surface area contributed by atoms with Gasteiger partial charge in [-0.3, -0.25) is 48.5 Å². The number of amides is 3. The highest BCUT2D eigenvalue weighted by molar-refractivity contribution is 5.86. The average Bonchev–Trinajstić information content (AvgIpc) is 3.38. The summed E-state index contributed by atoms with van der Waals surface area (Å²) in [6.45, 7) is 12.0. The van der Waals surface area contributed by atoms with Gasteiger partial charge < -0.3 is 67.0 Å². The molecule has 3 aliphatic heterocycles. The van der Waals surface area contributed by atoms with Crippen molar-refractivity contribution in [1.29, 1.82) is 0 Å². The van der Waals surface area contributed by atoms with E-state index in [9.17, 15) is 63.9 Å². The molecule has 3 amide bonds. The third-order valence-corrected chi connectivity index (χ3v) is 16.6. The zero-order valence-electron chi connectivity index (χ0n) is 52.1. The lowest BCUT2D eigenvalue weighted by Crippen LogP contribution is -2.52. The Balaban J connectivity index is 1.05. The van der Waals surface area contributed by atoms with E-state index in [0.29, 0.717) is 109 Å². The summed E-state index contributed by atoms with van der Waals surface area (Å²) < 4.78 is 0. The van der Waals surface area contributed by atoms with Crippen LogP contribution < -0.4 is 31.5 Å². The molecule has 0 aliphatic carbocycles. The zero-order chi connectivity index (χ0) is 64.5. The van der Waals surface area contributed by atoms with Gasteiger partial charge in [0.1, 0.15) is 17.9 Å². The summed E-state index contributed by atoms with van der Waals surface area (Å²) in [7, 11) is 1.96. The van der Waals surface area contributed by atoms with E-state index in [0.717, 1.165) is 134 Å². The first-order valence-corrected chi connectivity index (χ1v) is 31.7. The number of carbonyl (C=O) groups is 8. The Morgan fingerprint density at radius 1 is 0.517 bits per heavy atom. The quantitative estimate of drug-likeness (QED) is 0.0418. The van der Waals surface area contributed by atoms with E-state index in [-0.39, 0.29) is 44.4 Å². The molecular formula is C60H99N15O14. The van der Waals surface area contributed by atoms with Gasteiger partial charge in [-0.15, -0.1) is 0 Å². The van der Waals surface area contributed by atoms with Crippen LogP contribution in [0.2, 0.25) is 0 Å². The van der Waals surface area contributed by atoms with Gasteiger partial charge in [0.15, 0.2) is 0 Å². The number of hydrogen-bond acceptors (Lipinski definition) is 20. The molecule has 29 nitrogen and oxygen atoms in total. The summed E-state index contributed by atoms with van der Waals surface area (Å²) in [5.74, 6) is -4.92. The summed E-state index contributed by atoms with van der Waals surface area (Å²) in [5.41, 5.74) is 7.86. The van der Waals surface area contributed by atoms with Crippen molar-refractivity contribution >= 4 is 59.7 Å².